The number of benzene rings is 2. The van der Waals surface area contributed by atoms with Crippen molar-refractivity contribution in [3.63, 3.8) is 0 Å². The van der Waals surface area contributed by atoms with Gasteiger partial charge in [0.05, 0.1) is 11.1 Å². The van der Waals surface area contributed by atoms with Gasteiger partial charge in [-0.25, -0.2) is 4.39 Å². The van der Waals surface area contributed by atoms with Crippen molar-refractivity contribution < 1.29 is 13.9 Å². The Labute approximate surface area is 131 Å². The molecule has 5 heteroatoms. The Hall–Kier alpha value is -1.72. The van der Waals surface area contributed by atoms with Gasteiger partial charge in [0.15, 0.2) is 0 Å². The molecule has 0 saturated carbocycles. The van der Waals surface area contributed by atoms with Gasteiger partial charge in [0.2, 0.25) is 0 Å². The van der Waals surface area contributed by atoms with Crippen molar-refractivity contribution in [3.8, 4) is 0 Å². The van der Waals surface area contributed by atoms with Crippen LogP contribution in [0.5, 0.6) is 0 Å². The second kappa shape index (κ2) is 7.33. The molecule has 0 atom stereocenters. The molecular weight excluding hydrogens is 337 g/mol. The van der Waals surface area contributed by atoms with E-state index < -0.39 is 5.82 Å². The first-order chi connectivity index (χ1) is 10.1. The molecule has 0 heterocycles. The van der Waals surface area contributed by atoms with Crippen molar-refractivity contribution >= 4 is 21.8 Å². The Kier molecular flexibility index (Phi) is 5.47. The van der Waals surface area contributed by atoms with Crippen LogP contribution in [0.4, 0.5) is 4.39 Å². The highest BCUT2D eigenvalue weighted by Gasteiger charge is 2.09. The number of carbonyl (C=O) groups is 1. The predicted octanol–water partition coefficient (Wildman–Crippen LogP) is 3.66. The lowest BCUT2D eigenvalue weighted by Gasteiger charge is -2.10. The Morgan fingerprint density at radius 3 is 2.62 bits per heavy atom. The van der Waals surface area contributed by atoms with Crippen molar-refractivity contribution in [2.45, 2.75) is 13.2 Å². The zero-order valence-electron chi connectivity index (χ0n) is 11.5. The SMILES string of the molecule is COCc1ccccc1CNC(=O)c1ccc(Br)c(F)c1. The summed E-state index contributed by atoms with van der Waals surface area (Å²) >= 11 is 3.06. The van der Waals surface area contributed by atoms with Gasteiger partial charge in [-0.1, -0.05) is 24.3 Å². The van der Waals surface area contributed by atoms with Crippen molar-refractivity contribution in [1.82, 2.24) is 5.32 Å². The van der Waals surface area contributed by atoms with Gasteiger partial charge >= 0.3 is 0 Å². The van der Waals surface area contributed by atoms with Crippen LogP contribution in [0.25, 0.3) is 0 Å². The standard InChI is InChI=1S/C16H15BrFNO2/c1-21-10-13-5-3-2-4-12(13)9-19-16(20)11-6-7-14(17)15(18)8-11/h2-8H,9-10H2,1H3,(H,19,20). The van der Waals surface area contributed by atoms with Crippen LogP contribution in [0.3, 0.4) is 0 Å². The summed E-state index contributed by atoms with van der Waals surface area (Å²) in [6.07, 6.45) is 0. The largest absolute Gasteiger partial charge is 0.380 e. The molecule has 21 heavy (non-hydrogen) atoms. The number of amides is 1. The molecule has 0 aliphatic carbocycles. The first-order valence-electron chi connectivity index (χ1n) is 6.41. The Balaban J connectivity index is 2.05. The van der Waals surface area contributed by atoms with Crippen LogP contribution in [-0.4, -0.2) is 13.0 Å². The van der Waals surface area contributed by atoms with Crippen LogP contribution in [0, 0.1) is 5.82 Å². The molecule has 0 radical (unpaired) electrons. The molecule has 110 valence electrons. The van der Waals surface area contributed by atoms with Crippen LogP contribution in [-0.2, 0) is 17.9 Å². The smallest absolute Gasteiger partial charge is 0.251 e. The maximum Gasteiger partial charge on any atom is 0.251 e. The third kappa shape index (κ3) is 4.12. The summed E-state index contributed by atoms with van der Waals surface area (Å²) in [5.41, 5.74) is 2.28. The summed E-state index contributed by atoms with van der Waals surface area (Å²) in [6.45, 7) is 0.856. The fourth-order valence-electron chi connectivity index (χ4n) is 1.94. The highest BCUT2D eigenvalue weighted by Crippen LogP contribution is 2.16. The second-order valence-corrected chi connectivity index (χ2v) is 5.37. The minimum Gasteiger partial charge on any atom is -0.380 e. The van der Waals surface area contributed by atoms with Crippen LogP contribution < -0.4 is 5.32 Å². The highest BCUT2D eigenvalue weighted by molar-refractivity contribution is 9.10. The first kappa shape index (κ1) is 15.7. The topological polar surface area (TPSA) is 38.3 Å². The summed E-state index contributed by atoms with van der Waals surface area (Å²) in [4.78, 5) is 12.0. The van der Waals surface area contributed by atoms with E-state index in [2.05, 4.69) is 21.2 Å². The van der Waals surface area contributed by atoms with Gasteiger partial charge in [-0.2, -0.15) is 0 Å². The Bertz CT molecular complexity index is 646. The third-order valence-electron chi connectivity index (χ3n) is 3.04. The maximum absolute atomic E-state index is 13.4. The van der Waals surface area contributed by atoms with Crippen molar-refractivity contribution in [1.29, 1.82) is 0 Å². The number of nitrogens with one attached hydrogen (secondary N) is 1. The monoisotopic (exact) mass is 351 g/mol. The number of rotatable bonds is 5. The molecule has 0 bridgehead atoms. The lowest BCUT2D eigenvalue weighted by Crippen LogP contribution is -2.23. The number of hydrogen-bond acceptors (Lipinski definition) is 2. The number of hydrogen-bond donors (Lipinski definition) is 1. The molecule has 0 saturated heterocycles. The van der Waals surface area contributed by atoms with Crippen LogP contribution in [0.2, 0.25) is 0 Å². The van der Waals surface area contributed by atoms with E-state index in [1.54, 1.807) is 13.2 Å². The first-order valence-corrected chi connectivity index (χ1v) is 7.20. The number of halogens is 2. The number of carbonyl (C=O) groups excluding carboxylic acids is 1. The van der Waals surface area contributed by atoms with Gasteiger partial charge in [-0.15, -0.1) is 0 Å². The van der Waals surface area contributed by atoms with E-state index in [0.717, 1.165) is 11.1 Å². The molecule has 1 N–H and O–H groups in total. The molecule has 0 aliphatic heterocycles. The fourth-order valence-corrected chi connectivity index (χ4v) is 2.19. The molecular formula is C16H15BrFNO2. The van der Waals surface area contributed by atoms with Gasteiger partial charge in [0.25, 0.3) is 5.91 Å². The van der Waals surface area contributed by atoms with Crippen molar-refractivity contribution in [2.24, 2.45) is 0 Å². The van der Waals surface area contributed by atoms with Gasteiger partial charge in [0, 0.05) is 19.2 Å². The summed E-state index contributed by atoms with van der Waals surface area (Å²) in [6, 6.07) is 12.0. The predicted molar refractivity (Wildman–Crippen MR) is 82.4 cm³/mol. The maximum atomic E-state index is 13.4. The van der Waals surface area contributed by atoms with E-state index in [-0.39, 0.29) is 5.91 Å². The molecule has 2 rings (SSSR count). The van der Waals surface area contributed by atoms with E-state index in [1.807, 2.05) is 24.3 Å². The quantitative estimate of drug-likeness (QED) is 0.892. The molecule has 0 spiro atoms. The molecule has 2 aromatic rings. The minimum atomic E-state index is -0.456. The van der Waals surface area contributed by atoms with E-state index in [0.29, 0.717) is 23.2 Å². The highest BCUT2D eigenvalue weighted by atomic mass is 79.9. The fraction of sp³-hybridized carbons (Fsp3) is 0.188. The Morgan fingerprint density at radius 1 is 1.24 bits per heavy atom. The van der Waals surface area contributed by atoms with E-state index in [1.165, 1.54) is 12.1 Å². The number of methoxy groups -OCH3 is 1. The molecule has 0 aromatic heterocycles. The molecule has 0 aliphatic rings. The van der Waals surface area contributed by atoms with Crippen molar-refractivity contribution in [2.75, 3.05) is 7.11 Å². The summed E-state index contributed by atoms with van der Waals surface area (Å²) in [5, 5.41) is 2.78. The van der Waals surface area contributed by atoms with Gasteiger partial charge in [-0.3, -0.25) is 4.79 Å². The zero-order valence-corrected chi connectivity index (χ0v) is 13.1. The van der Waals surface area contributed by atoms with Gasteiger partial charge < -0.3 is 10.1 Å². The molecule has 0 fully saturated rings. The number of ether oxygens (including phenoxy) is 1. The van der Waals surface area contributed by atoms with Crippen LogP contribution in [0.15, 0.2) is 46.9 Å². The van der Waals surface area contributed by atoms with Gasteiger partial charge in [0.1, 0.15) is 5.82 Å². The van der Waals surface area contributed by atoms with Crippen LogP contribution in [0.1, 0.15) is 21.5 Å². The normalized spacial score (nSPS) is 10.4. The molecule has 2 aromatic carbocycles. The molecule has 0 unspecified atom stereocenters. The van der Waals surface area contributed by atoms with E-state index in [4.69, 9.17) is 4.74 Å². The van der Waals surface area contributed by atoms with Gasteiger partial charge in [-0.05, 0) is 45.3 Å². The molecule has 1 amide bonds. The minimum absolute atomic E-state index is 0.292. The summed E-state index contributed by atoms with van der Waals surface area (Å²) in [5.74, 6) is -0.768. The van der Waals surface area contributed by atoms with E-state index >= 15 is 0 Å². The van der Waals surface area contributed by atoms with E-state index in [9.17, 15) is 9.18 Å². The lowest BCUT2D eigenvalue weighted by molar-refractivity contribution is 0.0950. The summed E-state index contributed by atoms with van der Waals surface area (Å²) < 4.78 is 18.9. The second-order valence-electron chi connectivity index (χ2n) is 4.51. The Morgan fingerprint density at radius 2 is 1.95 bits per heavy atom. The third-order valence-corrected chi connectivity index (χ3v) is 3.68. The summed E-state index contributed by atoms with van der Waals surface area (Å²) in [7, 11) is 1.62. The lowest BCUT2D eigenvalue weighted by atomic mass is 10.1. The van der Waals surface area contributed by atoms with Crippen LogP contribution >= 0.6 is 15.9 Å². The average molecular weight is 352 g/mol. The average Bonchev–Trinajstić information content (AvgIpc) is 2.49. The zero-order chi connectivity index (χ0) is 15.2. The van der Waals surface area contributed by atoms with Crippen molar-refractivity contribution in [3.05, 3.63) is 69.4 Å². The molecule has 3 nitrogen and oxygen atoms in total.